The van der Waals surface area contributed by atoms with Crippen molar-refractivity contribution < 1.29 is 20.4 Å². The number of aliphatic hydroxyl groups is 1. The molecular formula is C9H12O4. The van der Waals surface area contributed by atoms with E-state index in [1.54, 1.807) is 0 Å². The number of rotatable bonds is 1. The number of phenolic OH excluding ortho intramolecular Hbond substituents is 3. The quantitative estimate of drug-likeness (QED) is 0.491. The highest BCUT2D eigenvalue weighted by Crippen LogP contribution is 2.41. The standard InChI is InChI=1S/C9H12O4/c1-9(2,13)5-3-4-6(10)8(12)7(5)11/h3-4,10-13H,1-2H3. The van der Waals surface area contributed by atoms with E-state index in [0.717, 1.165) is 0 Å². The lowest BCUT2D eigenvalue weighted by atomic mass is 9.97. The molecule has 0 amide bonds. The van der Waals surface area contributed by atoms with Gasteiger partial charge in [0.2, 0.25) is 5.75 Å². The fourth-order valence-electron chi connectivity index (χ4n) is 1.06. The Bertz CT molecular complexity index is 325. The maximum absolute atomic E-state index is 9.53. The predicted molar refractivity (Wildman–Crippen MR) is 46.7 cm³/mol. The van der Waals surface area contributed by atoms with Crippen LogP contribution in [0.4, 0.5) is 0 Å². The molecule has 0 radical (unpaired) electrons. The van der Waals surface area contributed by atoms with Crippen molar-refractivity contribution in [2.24, 2.45) is 0 Å². The Morgan fingerprint density at radius 3 is 2.00 bits per heavy atom. The molecule has 1 aromatic carbocycles. The monoisotopic (exact) mass is 184 g/mol. The van der Waals surface area contributed by atoms with Gasteiger partial charge in [0.15, 0.2) is 11.5 Å². The first-order valence-electron chi connectivity index (χ1n) is 3.81. The van der Waals surface area contributed by atoms with Crippen molar-refractivity contribution in [1.29, 1.82) is 0 Å². The van der Waals surface area contributed by atoms with Crippen LogP contribution in [0.3, 0.4) is 0 Å². The Morgan fingerprint density at radius 2 is 1.54 bits per heavy atom. The summed E-state index contributed by atoms with van der Waals surface area (Å²) in [6.45, 7) is 2.94. The number of benzene rings is 1. The molecule has 4 N–H and O–H groups in total. The van der Waals surface area contributed by atoms with E-state index in [0.29, 0.717) is 0 Å². The lowest BCUT2D eigenvalue weighted by molar-refractivity contribution is 0.0752. The first-order valence-corrected chi connectivity index (χ1v) is 3.81. The minimum Gasteiger partial charge on any atom is -0.504 e. The summed E-state index contributed by atoms with van der Waals surface area (Å²) in [5.41, 5.74) is -1.09. The maximum Gasteiger partial charge on any atom is 0.200 e. The molecule has 1 rings (SSSR count). The zero-order chi connectivity index (χ0) is 10.2. The fourth-order valence-corrected chi connectivity index (χ4v) is 1.06. The number of aromatic hydroxyl groups is 3. The average molecular weight is 184 g/mol. The molecule has 0 saturated carbocycles. The van der Waals surface area contributed by atoms with Gasteiger partial charge in [0, 0.05) is 5.56 Å². The molecule has 0 heterocycles. The zero-order valence-electron chi connectivity index (χ0n) is 7.44. The van der Waals surface area contributed by atoms with Crippen LogP contribution in [0.2, 0.25) is 0 Å². The third kappa shape index (κ3) is 1.67. The third-order valence-corrected chi connectivity index (χ3v) is 1.79. The van der Waals surface area contributed by atoms with E-state index in [-0.39, 0.29) is 5.56 Å². The van der Waals surface area contributed by atoms with E-state index >= 15 is 0 Å². The highest BCUT2D eigenvalue weighted by molar-refractivity contribution is 5.54. The summed E-state index contributed by atoms with van der Waals surface area (Å²) in [6.07, 6.45) is 0. The molecule has 0 aliphatic heterocycles. The summed E-state index contributed by atoms with van der Waals surface area (Å²) >= 11 is 0. The Morgan fingerprint density at radius 1 is 1.00 bits per heavy atom. The van der Waals surface area contributed by atoms with Gasteiger partial charge in [-0.25, -0.2) is 0 Å². The topological polar surface area (TPSA) is 80.9 Å². The van der Waals surface area contributed by atoms with Crippen molar-refractivity contribution >= 4 is 0 Å². The molecule has 0 aliphatic carbocycles. The molecule has 0 bridgehead atoms. The van der Waals surface area contributed by atoms with Gasteiger partial charge >= 0.3 is 0 Å². The molecule has 0 unspecified atom stereocenters. The minimum atomic E-state index is -1.25. The van der Waals surface area contributed by atoms with Crippen molar-refractivity contribution in [1.82, 2.24) is 0 Å². The van der Waals surface area contributed by atoms with Crippen LogP contribution in [0, 0.1) is 0 Å². The molecule has 0 fully saturated rings. The van der Waals surface area contributed by atoms with Crippen molar-refractivity contribution in [3.05, 3.63) is 17.7 Å². The third-order valence-electron chi connectivity index (χ3n) is 1.79. The molecule has 13 heavy (non-hydrogen) atoms. The van der Waals surface area contributed by atoms with Gasteiger partial charge in [0.05, 0.1) is 5.60 Å². The van der Waals surface area contributed by atoms with Crippen LogP contribution in [0.1, 0.15) is 19.4 Å². The van der Waals surface area contributed by atoms with E-state index < -0.39 is 22.8 Å². The first kappa shape index (κ1) is 9.67. The maximum atomic E-state index is 9.53. The summed E-state index contributed by atoms with van der Waals surface area (Å²) in [6, 6.07) is 2.56. The highest BCUT2D eigenvalue weighted by atomic mass is 16.3. The van der Waals surface area contributed by atoms with Crippen LogP contribution >= 0.6 is 0 Å². The van der Waals surface area contributed by atoms with Crippen molar-refractivity contribution in [3.8, 4) is 17.2 Å². The van der Waals surface area contributed by atoms with E-state index in [2.05, 4.69) is 0 Å². The van der Waals surface area contributed by atoms with Gasteiger partial charge in [-0.15, -0.1) is 0 Å². The summed E-state index contributed by atoms with van der Waals surface area (Å²) in [5, 5.41) is 37.0. The van der Waals surface area contributed by atoms with Gasteiger partial charge in [-0.3, -0.25) is 0 Å². The molecule has 1 aromatic rings. The molecule has 0 atom stereocenters. The normalized spacial score (nSPS) is 11.6. The molecule has 0 aromatic heterocycles. The van der Waals surface area contributed by atoms with E-state index in [4.69, 9.17) is 10.2 Å². The molecule has 0 aliphatic rings. The van der Waals surface area contributed by atoms with Crippen molar-refractivity contribution in [3.63, 3.8) is 0 Å². The fraction of sp³-hybridized carbons (Fsp3) is 0.333. The average Bonchev–Trinajstić information content (AvgIpc) is 1.98. The molecular weight excluding hydrogens is 172 g/mol. The Labute approximate surface area is 75.7 Å². The van der Waals surface area contributed by atoms with Gasteiger partial charge in [0.1, 0.15) is 0 Å². The van der Waals surface area contributed by atoms with Gasteiger partial charge in [-0.1, -0.05) is 0 Å². The summed E-state index contributed by atoms with van der Waals surface area (Å²) in [7, 11) is 0. The predicted octanol–water partition coefficient (Wildman–Crippen LogP) is 1.03. The molecule has 0 spiro atoms. The zero-order valence-corrected chi connectivity index (χ0v) is 7.44. The van der Waals surface area contributed by atoms with Crippen LogP contribution < -0.4 is 0 Å². The smallest absolute Gasteiger partial charge is 0.200 e. The van der Waals surface area contributed by atoms with E-state index in [1.807, 2.05) is 0 Å². The second kappa shape index (κ2) is 2.81. The Hall–Kier alpha value is -1.42. The van der Waals surface area contributed by atoms with Crippen LogP contribution in [-0.4, -0.2) is 20.4 Å². The van der Waals surface area contributed by atoms with Gasteiger partial charge in [-0.2, -0.15) is 0 Å². The lowest BCUT2D eigenvalue weighted by Gasteiger charge is -2.19. The minimum absolute atomic E-state index is 0.169. The van der Waals surface area contributed by atoms with E-state index in [1.165, 1.54) is 26.0 Å². The van der Waals surface area contributed by atoms with Crippen LogP contribution in [0.15, 0.2) is 12.1 Å². The summed E-state index contributed by atoms with van der Waals surface area (Å²) in [5.74, 6) is -1.52. The van der Waals surface area contributed by atoms with Gasteiger partial charge in [-0.05, 0) is 26.0 Å². The molecule has 4 heteroatoms. The van der Waals surface area contributed by atoms with Gasteiger partial charge < -0.3 is 20.4 Å². The van der Waals surface area contributed by atoms with Crippen molar-refractivity contribution in [2.75, 3.05) is 0 Å². The second-order valence-corrected chi connectivity index (χ2v) is 3.39. The largest absolute Gasteiger partial charge is 0.504 e. The van der Waals surface area contributed by atoms with E-state index in [9.17, 15) is 10.2 Å². The van der Waals surface area contributed by atoms with Crippen LogP contribution in [0.25, 0.3) is 0 Å². The van der Waals surface area contributed by atoms with Crippen LogP contribution in [0.5, 0.6) is 17.2 Å². The molecule has 72 valence electrons. The molecule has 0 saturated heterocycles. The second-order valence-electron chi connectivity index (χ2n) is 3.39. The Balaban J connectivity index is 3.35. The highest BCUT2D eigenvalue weighted by Gasteiger charge is 2.23. The number of hydrogen-bond donors (Lipinski definition) is 4. The Kier molecular flexibility index (Phi) is 2.09. The number of phenols is 3. The van der Waals surface area contributed by atoms with Gasteiger partial charge in [0.25, 0.3) is 0 Å². The SMILES string of the molecule is CC(C)(O)c1ccc(O)c(O)c1O. The summed E-state index contributed by atoms with van der Waals surface area (Å²) < 4.78 is 0. The summed E-state index contributed by atoms with van der Waals surface area (Å²) in [4.78, 5) is 0. The lowest BCUT2D eigenvalue weighted by Crippen LogP contribution is -2.15. The van der Waals surface area contributed by atoms with Crippen LogP contribution in [-0.2, 0) is 5.60 Å². The van der Waals surface area contributed by atoms with Crippen molar-refractivity contribution in [2.45, 2.75) is 19.4 Å². The number of hydrogen-bond acceptors (Lipinski definition) is 4. The first-order chi connectivity index (χ1) is 5.84. The molecule has 4 nitrogen and oxygen atoms in total.